The Kier molecular flexibility index (Phi) is 68.9. The molecule has 38 atom stereocenters. The van der Waals surface area contributed by atoms with Crippen LogP contribution < -0.4 is 75.6 Å². The average molecular weight is 2130 g/mol. The molecule has 0 spiro atoms. The van der Waals surface area contributed by atoms with Crippen molar-refractivity contribution >= 4 is 41.4 Å². The van der Waals surface area contributed by atoms with E-state index in [1.54, 1.807) is 13.8 Å². The fourth-order valence-electron chi connectivity index (χ4n) is 16.3. The summed E-state index contributed by atoms with van der Waals surface area (Å²) in [5.74, 6) is -2.61. The van der Waals surface area contributed by atoms with Crippen LogP contribution >= 0.6 is 11.8 Å². The third-order valence-corrected chi connectivity index (χ3v) is 24.7. The Morgan fingerprint density at radius 2 is 0.847 bits per heavy atom. The van der Waals surface area contributed by atoms with Crippen LogP contribution in [0.15, 0.2) is 0 Å². The van der Waals surface area contributed by atoms with E-state index >= 15 is 0 Å². The normalized spacial score (nSPS) is 33.1. The van der Waals surface area contributed by atoms with Crippen molar-refractivity contribution in [3.8, 4) is 12.0 Å². The van der Waals surface area contributed by atoms with E-state index in [1.165, 1.54) is 67.6 Å². The number of nitrogens with zero attached hydrogens (tertiary/aromatic N) is 4. The number of rotatable bonds is 52. The molecule has 0 radical (unpaired) electrons. The van der Waals surface area contributed by atoms with Crippen LogP contribution in [-0.4, -0.2) is 538 Å². The number of thioether (sulfide) groups is 1. The fraction of sp³-hybridized carbons (Fsp3) is 0.921. The summed E-state index contributed by atoms with van der Waals surface area (Å²) in [4.78, 5) is 60.5. The van der Waals surface area contributed by atoms with Crippen molar-refractivity contribution in [2.45, 2.75) is 371 Å². The van der Waals surface area contributed by atoms with Crippen LogP contribution in [0.2, 0.25) is 0 Å². The van der Waals surface area contributed by atoms with Gasteiger partial charge in [0.2, 0.25) is 11.8 Å². The van der Waals surface area contributed by atoms with Crippen LogP contribution in [0.4, 0.5) is 5.95 Å². The van der Waals surface area contributed by atoms with Crippen LogP contribution in [0.1, 0.15) is 140 Å². The van der Waals surface area contributed by atoms with E-state index in [0.29, 0.717) is 68.6 Å². The molecule has 28 N–H and O–H groups in total. The Morgan fingerprint density at radius 3 is 1.22 bits per heavy atom. The number of aromatic nitrogens is 3. The van der Waals surface area contributed by atoms with Gasteiger partial charge < -0.3 is 230 Å². The molecule has 0 aliphatic carbocycles. The molecule has 0 bridgehead atoms. The van der Waals surface area contributed by atoms with E-state index in [2.05, 4.69) is 43.3 Å². The topological polar surface area (TPSA) is 806 Å². The van der Waals surface area contributed by atoms with Gasteiger partial charge in [-0.15, -0.1) is 15.0 Å². The number of hydrogen-bond donors (Lipinski definition) is 27. The maximum Gasteiger partial charge on any atom is 1.00 e. The first kappa shape index (κ1) is 136. The fourth-order valence-corrected chi connectivity index (χ4v) is 16.3. The minimum atomic E-state index is -1.80. The molecule has 7 fully saturated rings. The van der Waals surface area contributed by atoms with Gasteiger partial charge in [-0.3, -0.25) is 18.9 Å². The van der Waals surface area contributed by atoms with Crippen molar-refractivity contribution in [1.82, 2.24) is 40.7 Å². The second kappa shape index (κ2) is 72.8. The van der Waals surface area contributed by atoms with Gasteiger partial charge in [0.05, 0.1) is 117 Å². The molecule has 0 aromatic carbocycles. The molecular formula is C89H171N9NaO44S+. The number of aliphatic hydroxyl groups excluding tert-OH is 22. The Balaban J connectivity index is 0.00000104. The number of hydrogen-bond acceptors (Lipinski definition) is 50. The number of nitrogens with two attached hydrogens (primary N) is 1. The molecule has 7 aliphatic heterocycles. The number of morpholine rings is 1. The number of carboxylic acids is 1. The zero-order valence-corrected chi connectivity index (χ0v) is 86.1. The molecular weight excluding hydrogens is 1950 g/mol. The molecule has 55 heteroatoms. The van der Waals surface area contributed by atoms with Crippen molar-refractivity contribution in [3.05, 3.63) is 0 Å². The van der Waals surface area contributed by atoms with Crippen molar-refractivity contribution in [2.75, 3.05) is 154 Å². The smallest absolute Gasteiger partial charge is 0.547 e. The minimum absolute atomic E-state index is 0. The number of unbranched alkanes of at least 4 members (excludes halogenated alkanes) is 10. The second-order valence-electron chi connectivity index (χ2n) is 35.5. The Morgan fingerprint density at radius 1 is 0.479 bits per heavy atom. The summed E-state index contributed by atoms with van der Waals surface area (Å²) in [6, 6.07) is -1.29. The molecule has 1 aromatic rings. The first-order chi connectivity index (χ1) is 67.4. The van der Waals surface area contributed by atoms with Crippen molar-refractivity contribution in [2.24, 2.45) is 5.73 Å². The van der Waals surface area contributed by atoms with Crippen LogP contribution in [0.3, 0.4) is 0 Å². The quantitative estimate of drug-likeness (QED) is 0.0164. The van der Waals surface area contributed by atoms with Gasteiger partial charge in [0.15, 0.2) is 31.3 Å². The van der Waals surface area contributed by atoms with Crippen LogP contribution in [0.25, 0.3) is 0 Å². The van der Waals surface area contributed by atoms with E-state index in [-0.39, 0.29) is 89.0 Å². The van der Waals surface area contributed by atoms with Gasteiger partial charge in [-0.2, -0.15) is 11.8 Å². The number of aliphatic carboxylic acids is 1. The van der Waals surface area contributed by atoms with Crippen LogP contribution in [0, 0.1) is 0 Å². The summed E-state index contributed by atoms with van der Waals surface area (Å²) in [6.07, 6.45) is -37.2. The summed E-state index contributed by atoms with van der Waals surface area (Å²) < 4.78 is 97.2. The van der Waals surface area contributed by atoms with E-state index < -0.39 is 283 Å². The SMILES string of the molecule is C.C.COCC1O[C@H](OCC(O)[C@@H](O)[C@H](O)C(O)CCCCCCCCCCN)C(O)[C@@H](O)[C@@H]1O.COCC1O[C@H](OCC(O)[C@@H](O)[C@H](O)C(O)CCCCCCNCCCNC(=O)C2O[C@@H](O[C@@H]3C(NC(C)=O)[C@@H](C)OC(CO)[C@H]3O)C(O)[C@@H](O)[C@@H]2OC)C(O)[C@@H](O)[C@@H]1O.CO[C@@H]1C(C(=O)[O-])O[C@@H](O[C@@H]2C(NC(C)=O)[C@@H](C)OC(CO)[C@H]2O)C(O)[C@H]1O.COc1nc(OC)nc([N+]2(C)CCOCC2)n1.[2H]CSC.[Na+]. The van der Waals surface area contributed by atoms with Gasteiger partial charge in [-0.1, -0.05) is 79.1 Å². The number of carboxylic acid groups (broad SMARTS) is 1. The molecule has 1 aromatic heterocycles. The third kappa shape index (κ3) is 43.3. The van der Waals surface area contributed by atoms with Crippen molar-refractivity contribution in [3.63, 3.8) is 0 Å². The zero-order chi connectivity index (χ0) is 106. The first-order valence-corrected chi connectivity index (χ1v) is 48.7. The molecule has 16 unspecified atom stereocenters. The predicted molar refractivity (Wildman–Crippen MR) is 503 cm³/mol. The third-order valence-electron chi connectivity index (χ3n) is 24.7. The Labute approximate surface area is 869 Å². The number of amides is 3. The molecule has 3 amide bonds. The molecule has 0 saturated carbocycles. The number of methoxy groups -OCH3 is 6. The zero-order valence-electron chi connectivity index (χ0n) is 84.2. The number of carbonyl (C=O) groups is 4. The summed E-state index contributed by atoms with van der Waals surface area (Å²) in [5.41, 5.74) is 5.46. The summed E-state index contributed by atoms with van der Waals surface area (Å²) in [6.45, 7) is 8.40. The van der Waals surface area contributed by atoms with Crippen molar-refractivity contribution < 1.29 is 248 Å². The molecule has 842 valence electrons. The molecule has 53 nitrogen and oxygen atoms in total. The molecule has 7 saturated heterocycles. The monoisotopic (exact) mass is 2130 g/mol. The van der Waals surface area contributed by atoms with E-state index in [9.17, 15) is 137 Å². The molecule has 144 heavy (non-hydrogen) atoms. The van der Waals surface area contributed by atoms with Crippen molar-refractivity contribution in [1.29, 1.82) is 0 Å². The largest absolute Gasteiger partial charge is 1.00 e. The van der Waals surface area contributed by atoms with Gasteiger partial charge in [-0.25, -0.2) is 0 Å². The number of aliphatic hydroxyl groups is 22. The van der Waals surface area contributed by atoms with Gasteiger partial charge in [0.1, 0.15) is 178 Å². The van der Waals surface area contributed by atoms with Gasteiger partial charge >= 0.3 is 47.5 Å². The molecule has 8 heterocycles. The van der Waals surface area contributed by atoms with E-state index in [0.717, 1.165) is 78.1 Å². The average Bonchev–Trinajstić information content (AvgIpc) is 0.773. The maximum atomic E-state index is 13.2. The number of nitrogens with one attached hydrogen (secondary N) is 4. The summed E-state index contributed by atoms with van der Waals surface area (Å²) in [7, 11) is 10.2. The van der Waals surface area contributed by atoms with Crippen LogP contribution in [-0.2, 0) is 90.2 Å². The molecule has 7 aliphatic rings. The van der Waals surface area contributed by atoms with Gasteiger partial charge in [-0.05, 0) is 78.1 Å². The van der Waals surface area contributed by atoms with Gasteiger partial charge in [0.25, 0.3) is 5.91 Å². The number of carbonyl (C=O) groups excluding carboxylic acids is 4. The van der Waals surface area contributed by atoms with E-state index in [1.807, 2.05) is 6.26 Å². The second-order valence-corrected chi connectivity index (χ2v) is 36.1. The maximum absolute atomic E-state index is 13.2. The van der Waals surface area contributed by atoms with E-state index in [4.69, 9.17) is 87.6 Å². The minimum Gasteiger partial charge on any atom is -0.547 e. The van der Waals surface area contributed by atoms with Gasteiger partial charge in [0, 0.05) is 50.2 Å². The number of quaternary nitrogens is 1. The molecule has 8 rings (SSSR count). The predicted octanol–water partition coefficient (Wildman–Crippen LogP) is -13.9. The summed E-state index contributed by atoms with van der Waals surface area (Å²) in [5, 5.41) is 247. The first-order valence-electron chi connectivity index (χ1n) is 48.0. The number of ether oxygens (including phenoxy) is 17. The van der Waals surface area contributed by atoms with Crippen LogP contribution in [0.5, 0.6) is 12.0 Å². The standard InChI is InChI=1S/C37H69N3O20.C22H45NO10.C16H27NO11.C10H17N4O3.C2H6S.2CH4.Na/c1-17-23(40-18(2)42)32(27(48)21(14-41)57-17)59-37-31(52)29(50)33(55-4)34(60-37)35(53)39-13-9-12-38-11-8-6-5-7-10-19(43)24(45)25(46)20(44)15-56-36-30(51)28(49)26(47)22(58-36)16-54-3;1-31-13-16-19(28)20(29)21(30)22(33-16)32-12-15(25)18(27)17(26)14(24)10-8-6-4-2-3-5-7-9-11-23;1-5-8(17-6(2)19)12(9(20)7(4-18)26-5)27-16-11(22)10(21)13(25-3)14(28-16)15(23)24;1-14(4-6-17-7-5-14)8-11-9(15-2)13-10(12-8)16-3;1-3-2;;;/h17,19-34,36-38,41,43-52H,5-16H2,1-4H3,(H,39,53)(H,40,42);14-22,24-30H,2-13,23H2,1H3;5,7-14,16,18,20-22H,4H2,1-3H3,(H,17,19)(H,23,24);4-7H2,1-3H3;1-2H3;2*1H4;/q;;;+1;;;;+1/p-1/t17-,19?,20?,21?,22?,23?,24-,25-,26-,27-,28+,29-,30?,31?,32-,33+,34?,36+,37-;14?,15?,16?,17-,18-,19-,20+,21?,22+;5-,7?,8?,9-,10-,11?,12-,13+,14?,16-;;;;;/m111...../s1/i;;;;1D;;;. The number of likely N-dealkylation sites (N-methyl/N-ethyl adjacent to an activating group) is 1. The summed E-state index contributed by atoms with van der Waals surface area (Å²) >= 11 is 1.52. The Hall–Kier alpha value is -3.76. The Bertz CT molecular complexity index is 3570.